The average molecular weight is 363 g/mol. The van der Waals surface area contributed by atoms with Crippen molar-refractivity contribution in [1.82, 2.24) is 9.78 Å². The minimum absolute atomic E-state index is 0.295. The number of fused-ring (bicyclic) bond motifs is 1. The Morgan fingerprint density at radius 3 is 2.83 bits per heavy atom. The Labute approximate surface area is 150 Å². The predicted octanol–water partition coefficient (Wildman–Crippen LogP) is 2.73. The summed E-state index contributed by atoms with van der Waals surface area (Å²) >= 11 is 7.54. The first kappa shape index (κ1) is 17.1. The Bertz CT molecular complexity index is 889. The van der Waals surface area contributed by atoms with E-state index in [0.29, 0.717) is 11.6 Å². The molecule has 0 amide bonds. The molecule has 0 saturated heterocycles. The van der Waals surface area contributed by atoms with Crippen molar-refractivity contribution >= 4 is 41.5 Å². The number of carbonyl (C=O) groups excluding carboxylic acids is 1. The highest BCUT2D eigenvalue weighted by Gasteiger charge is 2.09. The van der Waals surface area contributed by atoms with Crippen molar-refractivity contribution < 1.29 is 9.53 Å². The number of nitrogens with zero attached hydrogens (tertiary/aromatic N) is 2. The number of ether oxygens (including phenoxy) is 1. The molecule has 1 aliphatic rings. The van der Waals surface area contributed by atoms with Crippen LogP contribution in [0, 0.1) is 0 Å². The Hall–Kier alpha value is -1.72. The van der Waals surface area contributed by atoms with Gasteiger partial charge in [0.25, 0.3) is 0 Å². The summed E-state index contributed by atoms with van der Waals surface area (Å²) < 4.78 is 7.27. The molecule has 2 aromatic rings. The Morgan fingerprint density at radius 1 is 1.33 bits per heavy atom. The molecule has 3 rings (SSSR count). The number of carbonyl (C=O) groups is 1. The second-order valence-electron chi connectivity index (χ2n) is 5.68. The van der Waals surface area contributed by atoms with Crippen molar-refractivity contribution in [2.45, 2.75) is 36.3 Å². The highest BCUT2D eigenvalue weighted by Crippen LogP contribution is 2.24. The van der Waals surface area contributed by atoms with E-state index in [1.165, 1.54) is 6.92 Å². The normalized spacial score (nSPS) is 13.0. The molecule has 1 aromatic heterocycles. The van der Waals surface area contributed by atoms with E-state index in [2.05, 4.69) is 23.3 Å². The number of hydrogen-bond acceptors (Lipinski definition) is 4. The molecule has 4 nitrogen and oxygen atoms in total. The largest absolute Gasteiger partial charge is 0.426 e. The van der Waals surface area contributed by atoms with Gasteiger partial charge in [0.05, 0.1) is 11.6 Å². The monoisotopic (exact) mass is 362 g/mol. The van der Waals surface area contributed by atoms with E-state index in [1.54, 1.807) is 11.8 Å². The minimum Gasteiger partial charge on any atom is -0.426 e. The van der Waals surface area contributed by atoms with Gasteiger partial charge in [0, 0.05) is 35.5 Å². The van der Waals surface area contributed by atoms with Gasteiger partial charge in [0.2, 0.25) is 0 Å². The summed E-state index contributed by atoms with van der Waals surface area (Å²) in [6.45, 7) is 1.43. The fourth-order valence-corrected chi connectivity index (χ4v) is 3.84. The van der Waals surface area contributed by atoms with Crippen molar-refractivity contribution in [3.63, 3.8) is 0 Å². The van der Waals surface area contributed by atoms with Crippen LogP contribution in [0.2, 0.25) is 0 Å². The minimum atomic E-state index is -0.295. The van der Waals surface area contributed by atoms with Crippen LogP contribution in [0.15, 0.2) is 23.1 Å². The van der Waals surface area contributed by atoms with E-state index >= 15 is 0 Å². The Kier molecular flexibility index (Phi) is 5.31. The number of rotatable bonds is 5. The van der Waals surface area contributed by atoms with Gasteiger partial charge in [-0.15, -0.1) is 23.4 Å². The summed E-state index contributed by atoms with van der Waals surface area (Å²) in [7, 11) is 1.92. The second-order valence-corrected chi connectivity index (χ2v) is 6.99. The maximum atomic E-state index is 11.4. The van der Waals surface area contributed by atoms with E-state index in [1.807, 2.05) is 23.9 Å². The topological polar surface area (TPSA) is 44.1 Å². The molecule has 6 heteroatoms. The van der Waals surface area contributed by atoms with E-state index < -0.39 is 0 Å². The third-order valence-corrected chi connectivity index (χ3v) is 5.11. The van der Waals surface area contributed by atoms with Crippen LogP contribution in [0.1, 0.15) is 31.2 Å². The van der Waals surface area contributed by atoms with Gasteiger partial charge >= 0.3 is 5.97 Å². The van der Waals surface area contributed by atoms with Gasteiger partial charge in [-0.25, -0.2) is 0 Å². The molecule has 1 heterocycles. The van der Waals surface area contributed by atoms with Crippen molar-refractivity contribution in [3.8, 4) is 5.75 Å². The SMILES string of the molecule is CC(=O)Oc1cc(SCc2cc(CCl)nn2C)cc2c1=CCCC=2. The Balaban J connectivity index is 1.88. The molecule has 0 radical (unpaired) electrons. The van der Waals surface area contributed by atoms with Crippen LogP contribution in [0.4, 0.5) is 0 Å². The summed E-state index contributed by atoms with van der Waals surface area (Å²) in [5, 5.41) is 6.51. The molecule has 24 heavy (non-hydrogen) atoms. The van der Waals surface area contributed by atoms with Gasteiger partial charge < -0.3 is 4.74 Å². The number of esters is 1. The molecular formula is C18H19ClN2O2S. The third kappa shape index (κ3) is 3.84. The maximum absolute atomic E-state index is 11.4. The zero-order valence-corrected chi connectivity index (χ0v) is 15.3. The lowest BCUT2D eigenvalue weighted by atomic mass is 10.1. The van der Waals surface area contributed by atoms with Crippen molar-refractivity contribution in [3.05, 3.63) is 40.0 Å². The molecule has 0 saturated carbocycles. The number of hydrogen-bond donors (Lipinski definition) is 0. The number of thioether (sulfide) groups is 1. The quantitative estimate of drug-likeness (QED) is 0.355. The van der Waals surface area contributed by atoms with Crippen LogP contribution in [-0.4, -0.2) is 15.7 Å². The van der Waals surface area contributed by atoms with E-state index in [-0.39, 0.29) is 5.97 Å². The lowest BCUT2D eigenvalue weighted by molar-refractivity contribution is -0.131. The van der Waals surface area contributed by atoms with Gasteiger partial charge in [-0.05, 0) is 36.3 Å². The van der Waals surface area contributed by atoms with Crippen LogP contribution in [0.3, 0.4) is 0 Å². The van der Waals surface area contributed by atoms with Crippen LogP contribution < -0.4 is 15.2 Å². The highest BCUT2D eigenvalue weighted by atomic mass is 35.5. The summed E-state index contributed by atoms with van der Waals surface area (Å²) in [5.74, 6) is 1.54. The van der Waals surface area contributed by atoms with Crippen molar-refractivity contribution in [1.29, 1.82) is 0 Å². The van der Waals surface area contributed by atoms with Gasteiger partial charge in [-0.1, -0.05) is 12.2 Å². The molecule has 1 aromatic carbocycles. The van der Waals surface area contributed by atoms with Crippen molar-refractivity contribution in [2.75, 3.05) is 0 Å². The third-order valence-electron chi connectivity index (χ3n) is 3.83. The van der Waals surface area contributed by atoms with Gasteiger partial charge in [-0.3, -0.25) is 9.48 Å². The van der Waals surface area contributed by atoms with E-state index in [9.17, 15) is 4.79 Å². The first-order valence-corrected chi connectivity index (χ1v) is 9.32. The average Bonchev–Trinajstić information content (AvgIpc) is 2.92. The zero-order valence-electron chi connectivity index (χ0n) is 13.7. The number of halogens is 1. The second kappa shape index (κ2) is 7.45. The first-order valence-electron chi connectivity index (χ1n) is 7.80. The van der Waals surface area contributed by atoms with Gasteiger partial charge in [-0.2, -0.15) is 5.10 Å². The van der Waals surface area contributed by atoms with E-state index in [0.717, 1.165) is 45.3 Å². The van der Waals surface area contributed by atoms with Crippen LogP contribution >= 0.6 is 23.4 Å². The lowest BCUT2D eigenvalue weighted by Gasteiger charge is -2.10. The molecular weight excluding hydrogens is 344 g/mol. The maximum Gasteiger partial charge on any atom is 0.308 e. The van der Waals surface area contributed by atoms with Gasteiger partial charge in [0.1, 0.15) is 5.75 Å². The van der Waals surface area contributed by atoms with E-state index in [4.69, 9.17) is 16.3 Å². The number of alkyl halides is 1. The zero-order chi connectivity index (χ0) is 17.1. The first-order chi connectivity index (χ1) is 11.6. The fraction of sp³-hybridized carbons (Fsp3) is 0.333. The van der Waals surface area contributed by atoms with Crippen molar-refractivity contribution in [2.24, 2.45) is 7.05 Å². The summed E-state index contributed by atoms with van der Waals surface area (Å²) in [4.78, 5) is 12.5. The smallest absolute Gasteiger partial charge is 0.308 e. The summed E-state index contributed by atoms with van der Waals surface area (Å²) in [5.41, 5.74) is 1.99. The standard InChI is InChI=1S/C18H19ClN2O2S/c1-12(22)23-18-9-16(7-13-5-3-4-6-17(13)18)24-11-15-8-14(10-19)20-21(15)2/h5-9H,3-4,10-11H2,1-2H3. The fourth-order valence-electron chi connectivity index (χ4n) is 2.73. The summed E-state index contributed by atoms with van der Waals surface area (Å²) in [6, 6.07) is 6.12. The molecule has 1 aliphatic carbocycles. The van der Waals surface area contributed by atoms with Crippen LogP contribution in [0.5, 0.6) is 5.75 Å². The Morgan fingerprint density at radius 2 is 2.12 bits per heavy atom. The molecule has 0 aliphatic heterocycles. The summed E-state index contributed by atoms with van der Waals surface area (Å²) in [6.07, 6.45) is 6.32. The number of aryl methyl sites for hydroxylation is 1. The molecule has 0 unspecified atom stereocenters. The molecule has 126 valence electrons. The molecule has 0 bridgehead atoms. The van der Waals surface area contributed by atoms with Gasteiger partial charge in [0.15, 0.2) is 0 Å². The molecule has 0 atom stereocenters. The van der Waals surface area contributed by atoms with Crippen LogP contribution in [-0.2, 0) is 23.5 Å². The molecule has 0 N–H and O–H groups in total. The lowest BCUT2D eigenvalue weighted by Crippen LogP contribution is -2.29. The highest BCUT2D eigenvalue weighted by molar-refractivity contribution is 7.98. The number of aromatic nitrogens is 2. The predicted molar refractivity (Wildman–Crippen MR) is 97.5 cm³/mol. The number of benzene rings is 1. The molecule has 0 spiro atoms. The molecule has 0 fully saturated rings. The van der Waals surface area contributed by atoms with Crippen LogP contribution in [0.25, 0.3) is 12.2 Å².